The van der Waals surface area contributed by atoms with E-state index >= 15 is 0 Å². The third kappa shape index (κ3) is 4.64. The highest BCUT2D eigenvalue weighted by Gasteiger charge is 2.18. The summed E-state index contributed by atoms with van der Waals surface area (Å²) in [5.74, 6) is 0.708. The van der Waals surface area contributed by atoms with Gasteiger partial charge in [-0.25, -0.2) is 0 Å². The first-order valence-electron chi connectivity index (χ1n) is 6.93. The second-order valence-corrected chi connectivity index (χ2v) is 5.19. The van der Waals surface area contributed by atoms with E-state index in [1.165, 1.54) is 25.7 Å². The number of hydrogen-bond donors (Lipinski definition) is 2. The molecule has 0 aromatic rings. The molecule has 4 heteroatoms. The van der Waals surface area contributed by atoms with Gasteiger partial charge >= 0.3 is 0 Å². The molecule has 1 aliphatic heterocycles. The number of hydrogen-bond acceptors (Lipinski definition) is 3. The Morgan fingerprint density at radius 2 is 2.12 bits per heavy atom. The molecule has 0 bridgehead atoms. The van der Waals surface area contributed by atoms with Gasteiger partial charge in [-0.3, -0.25) is 4.79 Å². The third-order valence-electron chi connectivity index (χ3n) is 3.72. The van der Waals surface area contributed by atoms with Gasteiger partial charge in [0.05, 0.1) is 12.7 Å². The van der Waals surface area contributed by atoms with Gasteiger partial charge in [0.15, 0.2) is 0 Å². The Morgan fingerprint density at radius 3 is 2.82 bits per heavy atom. The SMILES string of the molecule is O=C(CC1CCNC1)NCCOC1CCCC1. The van der Waals surface area contributed by atoms with E-state index < -0.39 is 0 Å². The van der Waals surface area contributed by atoms with Crippen molar-refractivity contribution in [3.63, 3.8) is 0 Å². The molecular formula is C13H24N2O2. The molecule has 98 valence electrons. The first kappa shape index (κ1) is 12.8. The van der Waals surface area contributed by atoms with E-state index in [4.69, 9.17) is 4.74 Å². The standard InChI is InChI=1S/C13H24N2O2/c16-13(9-11-5-6-14-10-11)15-7-8-17-12-3-1-2-4-12/h11-12,14H,1-10H2,(H,15,16). The van der Waals surface area contributed by atoms with Gasteiger partial charge in [0.1, 0.15) is 0 Å². The van der Waals surface area contributed by atoms with E-state index in [0.29, 0.717) is 31.6 Å². The van der Waals surface area contributed by atoms with Crippen LogP contribution in [-0.2, 0) is 9.53 Å². The first-order valence-corrected chi connectivity index (χ1v) is 6.93. The number of rotatable bonds is 6. The summed E-state index contributed by atoms with van der Waals surface area (Å²) in [6.07, 6.45) is 7.23. The van der Waals surface area contributed by atoms with Crippen LogP contribution in [0.15, 0.2) is 0 Å². The minimum absolute atomic E-state index is 0.175. The molecule has 17 heavy (non-hydrogen) atoms. The van der Waals surface area contributed by atoms with Gasteiger partial charge in [-0.15, -0.1) is 0 Å². The van der Waals surface area contributed by atoms with E-state index in [9.17, 15) is 4.79 Å². The van der Waals surface area contributed by atoms with Crippen molar-refractivity contribution in [2.75, 3.05) is 26.2 Å². The average molecular weight is 240 g/mol. The smallest absolute Gasteiger partial charge is 0.220 e. The van der Waals surface area contributed by atoms with Crippen molar-refractivity contribution in [3.8, 4) is 0 Å². The maximum atomic E-state index is 11.6. The molecule has 1 aliphatic carbocycles. The zero-order chi connectivity index (χ0) is 11.9. The molecule has 2 fully saturated rings. The predicted octanol–water partition coefficient (Wildman–Crippen LogP) is 1.06. The summed E-state index contributed by atoms with van der Waals surface area (Å²) in [5.41, 5.74) is 0. The molecule has 2 N–H and O–H groups in total. The van der Waals surface area contributed by atoms with Gasteiger partial charge in [-0.05, 0) is 38.3 Å². The molecule has 1 saturated heterocycles. The van der Waals surface area contributed by atoms with Crippen LogP contribution in [0.5, 0.6) is 0 Å². The van der Waals surface area contributed by atoms with E-state index in [1.807, 2.05) is 0 Å². The summed E-state index contributed by atoms with van der Waals surface area (Å²) in [7, 11) is 0. The molecule has 0 radical (unpaired) electrons. The zero-order valence-electron chi connectivity index (χ0n) is 10.5. The zero-order valence-corrected chi connectivity index (χ0v) is 10.5. The summed E-state index contributed by atoms with van der Waals surface area (Å²) in [6.45, 7) is 3.38. The third-order valence-corrected chi connectivity index (χ3v) is 3.72. The van der Waals surface area contributed by atoms with Gasteiger partial charge in [-0.1, -0.05) is 12.8 Å². The van der Waals surface area contributed by atoms with Crippen LogP contribution in [0.4, 0.5) is 0 Å². The number of ether oxygens (including phenoxy) is 1. The lowest BCUT2D eigenvalue weighted by molar-refractivity contribution is -0.122. The van der Waals surface area contributed by atoms with E-state index in [1.54, 1.807) is 0 Å². The van der Waals surface area contributed by atoms with Crippen molar-refractivity contribution in [3.05, 3.63) is 0 Å². The van der Waals surface area contributed by atoms with E-state index in [0.717, 1.165) is 19.5 Å². The summed E-state index contributed by atoms with van der Waals surface area (Å²) >= 11 is 0. The number of carbonyl (C=O) groups excluding carboxylic acids is 1. The number of nitrogens with one attached hydrogen (secondary N) is 2. The lowest BCUT2D eigenvalue weighted by atomic mass is 10.0. The highest BCUT2D eigenvalue weighted by atomic mass is 16.5. The van der Waals surface area contributed by atoms with Gasteiger partial charge < -0.3 is 15.4 Å². The fraction of sp³-hybridized carbons (Fsp3) is 0.923. The van der Waals surface area contributed by atoms with Crippen molar-refractivity contribution in [1.82, 2.24) is 10.6 Å². The van der Waals surface area contributed by atoms with Crippen LogP contribution in [0, 0.1) is 5.92 Å². The predicted molar refractivity (Wildman–Crippen MR) is 66.8 cm³/mol. The van der Waals surface area contributed by atoms with Crippen molar-refractivity contribution in [2.45, 2.75) is 44.6 Å². The molecule has 1 unspecified atom stereocenters. The van der Waals surface area contributed by atoms with E-state index in [-0.39, 0.29) is 5.91 Å². The quantitative estimate of drug-likeness (QED) is 0.683. The lowest BCUT2D eigenvalue weighted by Crippen LogP contribution is -2.30. The Bertz CT molecular complexity index is 234. The van der Waals surface area contributed by atoms with Crippen molar-refractivity contribution in [2.24, 2.45) is 5.92 Å². The molecule has 1 amide bonds. The van der Waals surface area contributed by atoms with Crippen molar-refractivity contribution in [1.29, 1.82) is 0 Å². The molecular weight excluding hydrogens is 216 g/mol. The topological polar surface area (TPSA) is 50.4 Å². The van der Waals surface area contributed by atoms with Crippen LogP contribution >= 0.6 is 0 Å². The molecule has 4 nitrogen and oxygen atoms in total. The van der Waals surface area contributed by atoms with Crippen LogP contribution in [0.2, 0.25) is 0 Å². The highest BCUT2D eigenvalue weighted by molar-refractivity contribution is 5.76. The van der Waals surface area contributed by atoms with Gasteiger partial charge in [0, 0.05) is 13.0 Å². The minimum atomic E-state index is 0.175. The Labute approximate surface area is 103 Å². The molecule has 2 aliphatic rings. The molecule has 1 atom stereocenters. The van der Waals surface area contributed by atoms with Gasteiger partial charge in [0.2, 0.25) is 5.91 Å². The van der Waals surface area contributed by atoms with Crippen LogP contribution in [0.3, 0.4) is 0 Å². The second kappa shape index (κ2) is 6.97. The normalized spacial score (nSPS) is 25.3. The first-order chi connectivity index (χ1) is 8.34. The fourth-order valence-electron chi connectivity index (χ4n) is 2.69. The molecule has 1 saturated carbocycles. The number of carbonyl (C=O) groups is 1. The van der Waals surface area contributed by atoms with Crippen LogP contribution in [0.1, 0.15) is 38.5 Å². The highest BCUT2D eigenvalue weighted by Crippen LogP contribution is 2.20. The Hall–Kier alpha value is -0.610. The van der Waals surface area contributed by atoms with Gasteiger partial charge in [-0.2, -0.15) is 0 Å². The maximum absolute atomic E-state index is 11.6. The summed E-state index contributed by atoms with van der Waals surface area (Å²) in [5, 5.41) is 6.22. The summed E-state index contributed by atoms with van der Waals surface area (Å²) < 4.78 is 5.70. The van der Waals surface area contributed by atoms with Crippen molar-refractivity contribution < 1.29 is 9.53 Å². The molecule has 1 heterocycles. The lowest BCUT2D eigenvalue weighted by Gasteiger charge is -2.12. The molecule has 0 aromatic heterocycles. The van der Waals surface area contributed by atoms with Crippen molar-refractivity contribution >= 4 is 5.91 Å². The fourth-order valence-corrected chi connectivity index (χ4v) is 2.69. The van der Waals surface area contributed by atoms with Crippen LogP contribution in [0.25, 0.3) is 0 Å². The number of amides is 1. The largest absolute Gasteiger partial charge is 0.376 e. The second-order valence-electron chi connectivity index (χ2n) is 5.19. The van der Waals surface area contributed by atoms with Crippen LogP contribution < -0.4 is 10.6 Å². The molecule has 0 aromatic carbocycles. The average Bonchev–Trinajstić information content (AvgIpc) is 2.96. The maximum Gasteiger partial charge on any atom is 0.220 e. The monoisotopic (exact) mass is 240 g/mol. The summed E-state index contributed by atoms with van der Waals surface area (Å²) in [6, 6.07) is 0. The minimum Gasteiger partial charge on any atom is -0.376 e. The van der Waals surface area contributed by atoms with Crippen LogP contribution in [-0.4, -0.2) is 38.3 Å². The Morgan fingerprint density at radius 1 is 1.29 bits per heavy atom. The van der Waals surface area contributed by atoms with E-state index in [2.05, 4.69) is 10.6 Å². The molecule has 2 rings (SSSR count). The Kier molecular flexibility index (Phi) is 5.26. The Balaban J connectivity index is 1.47. The molecule has 0 spiro atoms. The summed E-state index contributed by atoms with van der Waals surface area (Å²) in [4.78, 5) is 11.6. The van der Waals surface area contributed by atoms with Gasteiger partial charge in [0.25, 0.3) is 0 Å².